The molecule has 0 aliphatic carbocycles. The Balaban J connectivity index is 1.84. The fourth-order valence-corrected chi connectivity index (χ4v) is 3.70. The number of rotatable bonds is 2. The van der Waals surface area contributed by atoms with Crippen molar-refractivity contribution >= 4 is 33.6 Å². The molecule has 2 aliphatic heterocycles. The van der Waals surface area contributed by atoms with Crippen molar-refractivity contribution in [3.63, 3.8) is 0 Å². The third-order valence-electron chi connectivity index (χ3n) is 2.68. The summed E-state index contributed by atoms with van der Waals surface area (Å²) >= 11 is 5.42. The van der Waals surface area contributed by atoms with E-state index >= 15 is 0 Å². The summed E-state index contributed by atoms with van der Waals surface area (Å²) in [5, 5.41) is 0.710. The van der Waals surface area contributed by atoms with Crippen molar-refractivity contribution in [3.8, 4) is 0 Å². The summed E-state index contributed by atoms with van der Waals surface area (Å²) in [7, 11) is 0. The molecule has 0 aromatic rings. The number of halogens is 1. The van der Waals surface area contributed by atoms with Gasteiger partial charge >= 0.3 is 0 Å². The van der Waals surface area contributed by atoms with Gasteiger partial charge in [-0.15, -0.1) is 0 Å². The maximum Gasteiger partial charge on any atom is 0.236 e. The predicted octanol–water partition coefficient (Wildman–Crippen LogP) is 1.88. The Morgan fingerprint density at radius 3 is 2.92 bits per heavy atom. The number of carbonyl (C=O) groups is 1. The monoisotopic (exact) mass is 263 g/mol. The quantitative estimate of drug-likeness (QED) is 0.710. The summed E-state index contributed by atoms with van der Waals surface area (Å²) in [6, 6.07) is 0. The van der Waals surface area contributed by atoms with E-state index in [2.05, 4.69) is 15.9 Å². The number of thioether (sulfide) groups is 1. The van der Waals surface area contributed by atoms with Gasteiger partial charge in [0.1, 0.15) is 0 Å². The van der Waals surface area contributed by atoms with E-state index in [0.717, 1.165) is 19.5 Å². The maximum atomic E-state index is 11.6. The van der Waals surface area contributed by atoms with E-state index in [9.17, 15) is 4.79 Å². The summed E-state index contributed by atoms with van der Waals surface area (Å²) in [5.41, 5.74) is 0. The zero-order chi connectivity index (χ0) is 9.26. The number of amides is 1. The maximum absolute atomic E-state index is 11.6. The Morgan fingerprint density at radius 1 is 1.54 bits per heavy atom. The van der Waals surface area contributed by atoms with E-state index in [0.29, 0.717) is 11.2 Å². The lowest BCUT2D eigenvalue weighted by Gasteiger charge is -2.19. The molecule has 2 atom stereocenters. The largest absolute Gasteiger partial charge is 0.341 e. The fourth-order valence-electron chi connectivity index (χ4n) is 1.92. The SMILES string of the molecule is O=C1C(Br)CCN1CC1CCCS1. The van der Waals surface area contributed by atoms with Crippen LogP contribution in [-0.4, -0.2) is 39.7 Å². The Labute approximate surface area is 91.6 Å². The molecule has 0 saturated carbocycles. The lowest BCUT2D eigenvalue weighted by Crippen LogP contribution is -2.32. The molecule has 74 valence electrons. The first kappa shape index (κ1) is 9.84. The molecular formula is C9H14BrNOS. The molecule has 1 amide bonds. The second-order valence-electron chi connectivity index (χ2n) is 3.68. The van der Waals surface area contributed by atoms with Gasteiger partial charge in [0.25, 0.3) is 0 Å². The van der Waals surface area contributed by atoms with Gasteiger partial charge in [-0.05, 0) is 25.0 Å². The standard InChI is InChI=1S/C9H14BrNOS/c10-8-3-4-11(9(8)12)6-7-2-1-5-13-7/h7-8H,1-6H2. The topological polar surface area (TPSA) is 20.3 Å². The van der Waals surface area contributed by atoms with Crippen molar-refractivity contribution in [2.24, 2.45) is 0 Å². The van der Waals surface area contributed by atoms with E-state index in [1.807, 2.05) is 16.7 Å². The second kappa shape index (κ2) is 4.22. The molecule has 2 saturated heterocycles. The molecule has 13 heavy (non-hydrogen) atoms. The van der Waals surface area contributed by atoms with Crippen LogP contribution in [0.25, 0.3) is 0 Å². The highest BCUT2D eigenvalue weighted by Gasteiger charge is 2.31. The normalized spacial score (nSPS) is 34.5. The van der Waals surface area contributed by atoms with Crippen LogP contribution in [0.2, 0.25) is 0 Å². The minimum absolute atomic E-state index is 0.0962. The van der Waals surface area contributed by atoms with Gasteiger partial charge in [0, 0.05) is 18.3 Å². The van der Waals surface area contributed by atoms with Gasteiger partial charge in [0.15, 0.2) is 0 Å². The molecule has 0 radical (unpaired) electrons. The molecule has 2 nitrogen and oxygen atoms in total. The van der Waals surface area contributed by atoms with E-state index < -0.39 is 0 Å². The van der Waals surface area contributed by atoms with Crippen molar-refractivity contribution in [2.75, 3.05) is 18.8 Å². The van der Waals surface area contributed by atoms with E-state index in [1.54, 1.807) is 0 Å². The molecule has 2 unspecified atom stereocenters. The highest BCUT2D eigenvalue weighted by molar-refractivity contribution is 9.10. The van der Waals surface area contributed by atoms with E-state index in [-0.39, 0.29) is 4.83 Å². The number of alkyl halides is 1. The molecule has 2 rings (SSSR count). The van der Waals surface area contributed by atoms with Gasteiger partial charge in [0.05, 0.1) is 4.83 Å². The van der Waals surface area contributed by atoms with Crippen LogP contribution in [0.1, 0.15) is 19.3 Å². The number of hydrogen-bond acceptors (Lipinski definition) is 2. The average Bonchev–Trinajstić information content (AvgIpc) is 2.71. The number of hydrogen-bond donors (Lipinski definition) is 0. The van der Waals surface area contributed by atoms with Crippen LogP contribution < -0.4 is 0 Å². The van der Waals surface area contributed by atoms with Crippen molar-refractivity contribution in [1.82, 2.24) is 4.90 Å². The summed E-state index contributed by atoms with van der Waals surface area (Å²) in [6.45, 7) is 1.93. The van der Waals surface area contributed by atoms with Gasteiger partial charge in [-0.3, -0.25) is 4.79 Å². The number of carbonyl (C=O) groups excluding carboxylic acids is 1. The first-order valence-corrected chi connectivity index (χ1v) is 6.78. The highest BCUT2D eigenvalue weighted by Crippen LogP contribution is 2.28. The van der Waals surface area contributed by atoms with Gasteiger partial charge in [-0.2, -0.15) is 11.8 Å². The lowest BCUT2D eigenvalue weighted by atomic mass is 10.2. The minimum Gasteiger partial charge on any atom is -0.341 e. The fraction of sp³-hybridized carbons (Fsp3) is 0.889. The van der Waals surface area contributed by atoms with Crippen molar-refractivity contribution in [2.45, 2.75) is 29.3 Å². The Morgan fingerprint density at radius 2 is 2.38 bits per heavy atom. The van der Waals surface area contributed by atoms with E-state index in [1.165, 1.54) is 18.6 Å². The van der Waals surface area contributed by atoms with Crippen molar-refractivity contribution in [1.29, 1.82) is 0 Å². The number of nitrogens with zero attached hydrogens (tertiary/aromatic N) is 1. The van der Waals surface area contributed by atoms with Crippen molar-refractivity contribution < 1.29 is 4.79 Å². The van der Waals surface area contributed by atoms with Crippen LogP contribution in [0.4, 0.5) is 0 Å². The second-order valence-corrected chi connectivity index (χ2v) is 6.19. The molecule has 2 fully saturated rings. The molecule has 0 aromatic heterocycles. The molecule has 0 N–H and O–H groups in total. The Kier molecular flexibility index (Phi) is 3.19. The van der Waals surface area contributed by atoms with Crippen molar-refractivity contribution in [3.05, 3.63) is 0 Å². The molecule has 0 bridgehead atoms. The average molecular weight is 264 g/mol. The molecule has 4 heteroatoms. The van der Waals surface area contributed by atoms with Crippen LogP contribution >= 0.6 is 27.7 Å². The third kappa shape index (κ3) is 2.21. The summed E-state index contributed by atoms with van der Waals surface area (Å²) in [5.74, 6) is 1.58. The minimum atomic E-state index is 0.0962. The van der Waals surface area contributed by atoms with Crippen LogP contribution in [0, 0.1) is 0 Å². The molecule has 0 spiro atoms. The molecule has 2 heterocycles. The summed E-state index contributed by atoms with van der Waals surface area (Å²) in [6.07, 6.45) is 3.60. The first-order chi connectivity index (χ1) is 6.27. The van der Waals surface area contributed by atoms with Gasteiger partial charge in [-0.1, -0.05) is 15.9 Å². The van der Waals surface area contributed by atoms with Crippen LogP contribution in [0.15, 0.2) is 0 Å². The van der Waals surface area contributed by atoms with Crippen LogP contribution in [-0.2, 0) is 4.79 Å². The number of likely N-dealkylation sites (tertiary alicyclic amines) is 1. The zero-order valence-electron chi connectivity index (χ0n) is 7.54. The van der Waals surface area contributed by atoms with E-state index in [4.69, 9.17) is 0 Å². The first-order valence-electron chi connectivity index (χ1n) is 4.82. The smallest absolute Gasteiger partial charge is 0.236 e. The van der Waals surface area contributed by atoms with Gasteiger partial charge in [0.2, 0.25) is 5.91 Å². The molecular weight excluding hydrogens is 250 g/mol. The van der Waals surface area contributed by atoms with Gasteiger partial charge < -0.3 is 4.90 Å². The van der Waals surface area contributed by atoms with Crippen LogP contribution in [0.3, 0.4) is 0 Å². The molecule has 0 aromatic carbocycles. The summed E-state index contributed by atoms with van der Waals surface area (Å²) in [4.78, 5) is 13.7. The Hall–Kier alpha value is 0.300. The Bertz CT molecular complexity index is 206. The zero-order valence-corrected chi connectivity index (χ0v) is 9.94. The van der Waals surface area contributed by atoms with Crippen LogP contribution in [0.5, 0.6) is 0 Å². The lowest BCUT2D eigenvalue weighted by molar-refractivity contribution is -0.127. The summed E-state index contributed by atoms with van der Waals surface area (Å²) < 4.78 is 0. The predicted molar refractivity (Wildman–Crippen MR) is 59.4 cm³/mol. The molecule has 2 aliphatic rings. The van der Waals surface area contributed by atoms with Gasteiger partial charge in [-0.25, -0.2) is 0 Å². The third-order valence-corrected chi connectivity index (χ3v) is 4.91. The highest BCUT2D eigenvalue weighted by atomic mass is 79.9.